The molecule has 0 aliphatic carbocycles. The largest absolute Gasteiger partial charge is 0.493 e. The van der Waals surface area contributed by atoms with E-state index in [4.69, 9.17) is 9.47 Å². The summed E-state index contributed by atoms with van der Waals surface area (Å²) in [6, 6.07) is 12.9. The summed E-state index contributed by atoms with van der Waals surface area (Å²) in [5.41, 5.74) is 2.05. The molecule has 0 radical (unpaired) electrons. The van der Waals surface area contributed by atoms with Gasteiger partial charge in [0, 0.05) is 5.56 Å². The number of nitrogens with zero attached hydrogens (tertiary/aromatic N) is 1. The first-order valence-electron chi connectivity index (χ1n) is 9.30. The molecule has 2 N–H and O–H groups in total. The van der Waals surface area contributed by atoms with Crippen LogP contribution in [0.3, 0.4) is 0 Å². The molecule has 29 heavy (non-hydrogen) atoms. The van der Waals surface area contributed by atoms with Crippen molar-refractivity contribution in [3.63, 3.8) is 0 Å². The number of carbonyl (C=O) groups is 3. The zero-order valence-corrected chi connectivity index (χ0v) is 16.5. The van der Waals surface area contributed by atoms with Gasteiger partial charge in [0.2, 0.25) is 0 Å². The second-order valence-corrected chi connectivity index (χ2v) is 6.44. The van der Waals surface area contributed by atoms with E-state index in [0.29, 0.717) is 30.1 Å². The predicted octanol–water partition coefficient (Wildman–Crippen LogP) is 2.60. The number of hydrazine groups is 1. The Hall–Kier alpha value is -3.55. The van der Waals surface area contributed by atoms with Crippen LogP contribution in [-0.2, 0) is 10.3 Å². The highest BCUT2D eigenvalue weighted by Crippen LogP contribution is 2.32. The van der Waals surface area contributed by atoms with E-state index in [9.17, 15) is 14.4 Å². The molecule has 0 spiro atoms. The van der Waals surface area contributed by atoms with Crippen molar-refractivity contribution in [1.82, 2.24) is 15.8 Å². The SMILES string of the molecule is CCOc1ccc(C(=O)NN2C(=O)N[C@@](CC)(c3ccccc3)C2=O)cc1OC. The van der Waals surface area contributed by atoms with E-state index in [1.165, 1.54) is 19.2 Å². The smallest absolute Gasteiger partial charge is 0.344 e. The molecule has 0 aromatic heterocycles. The monoisotopic (exact) mass is 397 g/mol. The first-order chi connectivity index (χ1) is 14.0. The Morgan fingerprint density at radius 3 is 2.45 bits per heavy atom. The van der Waals surface area contributed by atoms with Gasteiger partial charge in [0.1, 0.15) is 5.54 Å². The lowest BCUT2D eigenvalue weighted by molar-refractivity contribution is -0.133. The number of hydrogen-bond donors (Lipinski definition) is 2. The van der Waals surface area contributed by atoms with Gasteiger partial charge in [-0.1, -0.05) is 37.3 Å². The Kier molecular flexibility index (Phi) is 5.72. The van der Waals surface area contributed by atoms with Crippen molar-refractivity contribution < 1.29 is 23.9 Å². The lowest BCUT2D eigenvalue weighted by atomic mass is 9.87. The number of carbonyl (C=O) groups excluding carboxylic acids is 3. The topological polar surface area (TPSA) is 97.0 Å². The zero-order chi connectivity index (χ0) is 21.0. The van der Waals surface area contributed by atoms with Gasteiger partial charge in [0.15, 0.2) is 11.5 Å². The summed E-state index contributed by atoms with van der Waals surface area (Å²) in [4.78, 5) is 38.3. The molecule has 2 aromatic carbocycles. The molecule has 2 aromatic rings. The fourth-order valence-electron chi connectivity index (χ4n) is 3.29. The highest BCUT2D eigenvalue weighted by Gasteiger charge is 2.52. The van der Waals surface area contributed by atoms with Crippen molar-refractivity contribution in [1.29, 1.82) is 0 Å². The van der Waals surface area contributed by atoms with E-state index >= 15 is 0 Å². The number of methoxy groups -OCH3 is 1. The Balaban J connectivity index is 1.84. The van der Waals surface area contributed by atoms with Gasteiger partial charge in [0.25, 0.3) is 11.8 Å². The van der Waals surface area contributed by atoms with Crippen molar-refractivity contribution >= 4 is 17.8 Å². The number of nitrogens with one attached hydrogen (secondary N) is 2. The molecule has 1 heterocycles. The van der Waals surface area contributed by atoms with Crippen molar-refractivity contribution in [2.75, 3.05) is 13.7 Å². The summed E-state index contributed by atoms with van der Waals surface area (Å²) in [5.74, 6) is -0.281. The molecule has 3 rings (SSSR count). The Morgan fingerprint density at radius 2 is 1.83 bits per heavy atom. The third-order valence-corrected chi connectivity index (χ3v) is 4.83. The van der Waals surface area contributed by atoms with Crippen molar-refractivity contribution in [3.8, 4) is 11.5 Å². The highest BCUT2D eigenvalue weighted by molar-refractivity contribution is 6.09. The van der Waals surface area contributed by atoms with Crippen LogP contribution in [0.15, 0.2) is 48.5 Å². The predicted molar refractivity (Wildman–Crippen MR) is 105 cm³/mol. The first-order valence-corrected chi connectivity index (χ1v) is 9.30. The summed E-state index contributed by atoms with van der Waals surface area (Å²) in [5, 5.41) is 3.44. The average molecular weight is 397 g/mol. The van der Waals surface area contributed by atoms with E-state index in [1.54, 1.807) is 37.3 Å². The Labute approximate surface area is 168 Å². The van der Waals surface area contributed by atoms with Gasteiger partial charge < -0.3 is 14.8 Å². The summed E-state index contributed by atoms with van der Waals surface area (Å²) < 4.78 is 10.7. The second-order valence-electron chi connectivity index (χ2n) is 6.44. The molecular formula is C21H23N3O5. The van der Waals surface area contributed by atoms with Crippen LogP contribution in [0.5, 0.6) is 11.5 Å². The normalized spacial score (nSPS) is 18.4. The van der Waals surface area contributed by atoms with E-state index in [1.807, 2.05) is 13.0 Å². The number of benzene rings is 2. The molecule has 0 unspecified atom stereocenters. The number of imide groups is 1. The highest BCUT2D eigenvalue weighted by atomic mass is 16.5. The molecule has 4 amide bonds. The van der Waals surface area contributed by atoms with Gasteiger partial charge in [-0.15, -0.1) is 0 Å². The molecule has 0 bridgehead atoms. The molecule has 0 saturated carbocycles. The van der Waals surface area contributed by atoms with E-state index in [-0.39, 0.29) is 5.56 Å². The van der Waals surface area contributed by atoms with E-state index in [2.05, 4.69) is 10.7 Å². The maximum Gasteiger partial charge on any atom is 0.344 e. The van der Waals surface area contributed by atoms with Crippen LogP contribution in [-0.4, -0.2) is 36.6 Å². The summed E-state index contributed by atoms with van der Waals surface area (Å²) in [6.07, 6.45) is 0.338. The second kappa shape index (κ2) is 8.22. The third kappa shape index (κ3) is 3.61. The van der Waals surface area contributed by atoms with Crippen molar-refractivity contribution in [3.05, 3.63) is 59.7 Å². The lowest BCUT2D eigenvalue weighted by Gasteiger charge is -2.25. The quantitative estimate of drug-likeness (QED) is 0.700. The summed E-state index contributed by atoms with van der Waals surface area (Å²) >= 11 is 0. The van der Waals surface area contributed by atoms with Gasteiger partial charge in [-0.3, -0.25) is 15.0 Å². The maximum absolute atomic E-state index is 13.1. The molecular weight excluding hydrogens is 374 g/mol. The number of hydrogen-bond acceptors (Lipinski definition) is 5. The summed E-state index contributed by atoms with van der Waals surface area (Å²) in [7, 11) is 1.46. The van der Waals surface area contributed by atoms with Gasteiger partial charge in [0.05, 0.1) is 13.7 Å². The first kappa shape index (κ1) is 20.2. The maximum atomic E-state index is 13.1. The molecule has 1 aliphatic rings. The van der Waals surface area contributed by atoms with Crippen LogP contribution in [0.1, 0.15) is 36.2 Å². The van der Waals surface area contributed by atoms with Crippen LogP contribution in [0.25, 0.3) is 0 Å². The number of rotatable bonds is 7. The Morgan fingerprint density at radius 1 is 1.10 bits per heavy atom. The minimum Gasteiger partial charge on any atom is -0.493 e. The lowest BCUT2D eigenvalue weighted by Crippen LogP contribution is -2.48. The fraction of sp³-hybridized carbons (Fsp3) is 0.286. The molecule has 8 nitrogen and oxygen atoms in total. The minimum atomic E-state index is -1.22. The molecule has 1 fully saturated rings. The van der Waals surface area contributed by atoms with Crippen molar-refractivity contribution in [2.45, 2.75) is 25.8 Å². The standard InChI is InChI=1S/C21H23N3O5/c1-4-21(15-9-7-6-8-10-15)19(26)24(20(27)22-21)23-18(25)14-11-12-16(29-5-2)17(13-14)28-3/h6-13H,4-5H2,1-3H3,(H,22,27)(H,23,25)/t21-/m0/s1. The van der Waals surface area contributed by atoms with E-state index in [0.717, 1.165) is 5.01 Å². The van der Waals surface area contributed by atoms with Crippen LogP contribution in [0.2, 0.25) is 0 Å². The van der Waals surface area contributed by atoms with Crippen LogP contribution in [0, 0.1) is 0 Å². The van der Waals surface area contributed by atoms with Crippen LogP contribution >= 0.6 is 0 Å². The van der Waals surface area contributed by atoms with Gasteiger partial charge >= 0.3 is 6.03 Å². The molecule has 1 aliphatic heterocycles. The molecule has 1 atom stereocenters. The van der Waals surface area contributed by atoms with Gasteiger partial charge in [-0.2, -0.15) is 5.01 Å². The molecule has 1 saturated heterocycles. The number of amides is 4. The third-order valence-electron chi connectivity index (χ3n) is 4.83. The molecule has 8 heteroatoms. The molecule has 152 valence electrons. The minimum absolute atomic E-state index is 0.222. The van der Waals surface area contributed by atoms with Crippen LogP contribution in [0.4, 0.5) is 4.79 Å². The number of urea groups is 1. The number of ether oxygens (including phenoxy) is 2. The summed E-state index contributed by atoms with van der Waals surface area (Å²) in [6.45, 7) is 4.08. The average Bonchev–Trinajstić information content (AvgIpc) is 3.00. The van der Waals surface area contributed by atoms with Crippen molar-refractivity contribution in [2.24, 2.45) is 0 Å². The van der Waals surface area contributed by atoms with E-state index < -0.39 is 23.4 Å². The van der Waals surface area contributed by atoms with Gasteiger partial charge in [-0.05, 0) is 37.1 Å². The fourth-order valence-corrected chi connectivity index (χ4v) is 3.29. The Bertz CT molecular complexity index is 931. The zero-order valence-electron chi connectivity index (χ0n) is 16.5. The van der Waals surface area contributed by atoms with Gasteiger partial charge in [-0.25, -0.2) is 4.79 Å². The van der Waals surface area contributed by atoms with Crippen LogP contribution < -0.4 is 20.2 Å².